The molecule has 0 saturated carbocycles. The van der Waals surface area contributed by atoms with Crippen molar-refractivity contribution in [2.45, 2.75) is 13.3 Å². The molecule has 0 aliphatic carbocycles. The number of nitrogens with one attached hydrogen (secondary N) is 1. The largest absolute Gasteiger partial charge is 0.396 e. The SMILES string of the molecule is CC(CCO)CNC(=O)c1cc(F)c(Cl)cc1F. The number of halogens is 3. The van der Waals surface area contributed by atoms with Crippen LogP contribution in [-0.2, 0) is 0 Å². The van der Waals surface area contributed by atoms with Crippen LogP contribution < -0.4 is 5.32 Å². The van der Waals surface area contributed by atoms with Crippen LogP contribution in [0.15, 0.2) is 12.1 Å². The van der Waals surface area contributed by atoms with Crippen molar-refractivity contribution in [1.82, 2.24) is 5.32 Å². The lowest BCUT2D eigenvalue weighted by Crippen LogP contribution is -2.29. The summed E-state index contributed by atoms with van der Waals surface area (Å²) in [4.78, 5) is 11.6. The van der Waals surface area contributed by atoms with Crippen molar-refractivity contribution in [3.63, 3.8) is 0 Å². The topological polar surface area (TPSA) is 49.3 Å². The summed E-state index contributed by atoms with van der Waals surface area (Å²) in [5.74, 6) is -2.35. The summed E-state index contributed by atoms with van der Waals surface area (Å²) in [6.45, 7) is 2.12. The first-order chi connectivity index (χ1) is 8.45. The molecule has 0 saturated heterocycles. The van der Waals surface area contributed by atoms with E-state index in [1.165, 1.54) is 0 Å². The number of aliphatic hydroxyl groups excluding tert-OH is 1. The van der Waals surface area contributed by atoms with E-state index < -0.39 is 17.5 Å². The molecule has 0 aliphatic heterocycles. The predicted octanol–water partition coefficient (Wildman–Crippen LogP) is 2.37. The minimum atomic E-state index is -0.867. The standard InChI is InChI=1S/C12H14ClF2NO2/c1-7(2-3-17)6-16-12(18)8-4-11(15)9(13)5-10(8)14/h4-5,7,17H,2-3,6H2,1H3,(H,16,18). The Bertz CT molecular complexity index is 440. The Labute approximate surface area is 109 Å². The van der Waals surface area contributed by atoms with Gasteiger partial charge in [-0.3, -0.25) is 4.79 Å². The van der Waals surface area contributed by atoms with Crippen molar-refractivity contribution in [2.75, 3.05) is 13.2 Å². The molecule has 0 heterocycles. The van der Waals surface area contributed by atoms with Gasteiger partial charge in [-0.2, -0.15) is 0 Å². The first-order valence-corrected chi connectivity index (χ1v) is 5.87. The minimum absolute atomic E-state index is 0.0149. The Morgan fingerprint density at radius 3 is 2.72 bits per heavy atom. The number of hydrogen-bond acceptors (Lipinski definition) is 2. The normalized spacial score (nSPS) is 12.3. The highest BCUT2D eigenvalue weighted by Gasteiger charge is 2.15. The van der Waals surface area contributed by atoms with Crippen LogP contribution in [0.2, 0.25) is 5.02 Å². The zero-order valence-corrected chi connectivity index (χ0v) is 10.6. The number of benzene rings is 1. The smallest absolute Gasteiger partial charge is 0.254 e. The third kappa shape index (κ3) is 3.92. The van der Waals surface area contributed by atoms with Crippen LogP contribution in [0.25, 0.3) is 0 Å². The molecule has 0 aliphatic rings. The van der Waals surface area contributed by atoms with E-state index in [9.17, 15) is 13.6 Å². The average Bonchev–Trinajstić information content (AvgIpc) is 2.31. The minimum Gasteiger partial charge on any atom is -0.396 e. The van der Waals surface area contributed by atoms with Gasteiger partial charge < -0.3 is 10.4 Å². The van der Waals surface area contributed by atoms with E-state index in [-0.39, 0.29) is 29.7 Å². The summed E-state index contributed by atoms with van der Waals surface area (Å²) in [5.41, 5.74) is -0.381. The molecular formula is C12H14ClF2NO2. The Morgan fingerprint density at radius 1 is 1.44 bits per heavy atom. The van der Waals surface area contributed by atoms with Gasteiger partial charge in [0.2, 0.25) is 0 Å². The lowest BCUT2D eigenvalue weighted by Gasteiger charge is -2.11. The molecule has 0 bridgehead atoms. The molecule has 0 spiro atoms. The van der Waals surface area contributed by atoms with Crippen LogP contribution in [0.5, 0.6) is 0 Å². The molecule has 0 fully saturated rings. The zero-order valence-electron chi connectivity index (χ0n) is 9.84. The van der Waals surface area contributed by atoms with Crippen LogP contribution in [0.1, 0.15) is 23.7 Å². The van der Waals surface area contributed by atoms with E-state index >= 15 is 0 Å². The summed E-state index contributed by atoms with van der Waals surface area (Å²) >= 11 is 5.38. The lowest BCUT2D eigenvalue weighted by molar-refractivity contribution is 0.0941. The van der Waals surface area contributed by atoms with E-state index in [4.69, 9.17) is 16.7 Å². The maximum absolute atomic E-state index is 13.4. The van der Waals surface area contributed by atoms with Crippen molar-refractivity contribution >= 4 is 17.5 Å². The van der Waals surface area contributed by atoms with Crippen LogP contribution in [0.4, 0.5) is 8.78 Å². The molecular weight excluding hydrogens is 264 g/mol. The number of carbonyl (C=O) groups is 1. The molecule has 3 nitrogen and oxygen atoms in total. The molecule has 1 aromatic carbocycles. The summed E-state index contributed by atoms with van der Waals surface area (Å²) in [6.07, 6.45) is 0.526. The van der Waals surface area contributed by atoms with Crippen molar-refractivity contribution in [3.8, 4) is 0 Å². The maximum atomic E-state index is 13.4. The molecule has 1 unspecified atom stereocenters. The van der Waals surface area contributed by atoms with Crippen LogP contribution >= 0.6 is 11.6 Å². The second kappa shape index (κ2) is 6.66. The molecule has 1 amide bonds. The highest BCUT2D eigenvalue weighted by Crippen LogP contribution is 2.19. The number of carbonyl (C=O) groups excluding carboxylic acids is 1. The van der Waals surface area contributed by atoms with Gasteiger partial charge in [-0.05, 0) is 24.5 Å². The molecule has 100 valence electrons. The van der Waals surface area contributed by atoms with Gasteiger partial charge in [-0.15, -0.1) is 0 Å². The first-order valence-electron chi connectivity index (χ1n) is 5.49. The maximum Gasteiger partial charge on any atom is 0.254 e. The second-order valence-electron chi connectivity index (χ2n) is 4.07. The van der Waals surface area contributed by atoms with Crippen LogP contribution in [-0.4, -0.2) is 24.2 Å². The van der Waals surface area contributed by atoms with E-state index in [0.717, 1.165) is 12.1 Å². The molecule has 1 rings (SSSR count). The van der Waals surface area contributed by atoms with Gasteiger partial charge in [0.15, 0.2) is 0 Å². The lowest BCUT2D eigenvalue weighted by atomic mass is 10.1. The fraction of sp³-hybridized carbons (Fsp3) is 0.417. The molecule has 2 N–H and O–H groups in total. The summed E-state index contributed by atoms with van der Waals surface area (Å²) < 4.78 is 26.5. The third-order valence-corrected chi connectivity index (χ3v) is 2.78. The Kier molecular flexibility index (Phi) is 5.50. The van der Waals surface area contributed by atoms with E-state index in [0.29, 0.717) is 6.42 Å². The highest BCUT2D eigenvalue weighted by molar-refractivity contribution is 6.30. The molecule has 1 atom stereocenters. The summed E-state index contributed by atoms with van der Waals surface area (Å²) in [6, 6.07) is 1.53. The third-order valence-electron chi connectivity index (χ3n) is 2.49. The van der Waals surface area contributed by atoms with Gasteiger partial charge in [0.25, 0.3) is 5.91 Å². The Hall–Kier alpha value is -1.20. The van der Waals surface area contributed by atoms with Crippen molar-refractivity contribution in [3.05, 3.63) is 34.4 Å². The van der Waals surface area contributed by atoms with Gasteiger partial charge >= 0.3 is 0 Å². The highest BCUT2D eigenvalue weighted by atomic mass is 35.5. The first kappa shape index (κ1) is 14.9. The predicted molar refractivity (Wildman–Crippen MR) is 64.6 cm³/mol. The fourth-order valence-electron chi connectivity index (χ4n) is 1.38. The quantitative estimate of drug-likeness (QED) is 0.812. The van der Waals surface area contributed by atoms with Crippen molar-refractivity contribution < 1.29 is 18.7 Å². The van der Waals surface area contributed by atoms with E-state index in [2.05, 4.69) is 5.32 Å². The van der Waals surface area contributed by atoms with Gasteiger partial charge in [0.05, 0.1) is 10.6 Å². The molecule has 1 aromatic rings. The van der Waals surface area contributed by atoms with Gasteiger partial charge in [0.1, 0.15) is 11.6 Å². The molecule has 18 heavy (non-hydrogen) atoms. The van der Waals surface area contributed by atoms with E-state index in [1.54, 1.807) is 0 Å². The van der Waals surface area contributed by atoms with Crippen LogP contribution in [0, 0.1) is 17.6 Å². The number of hydrogen-bond donors (Lipinski definition) is 2. The molecule has 6 heteroatoms. The van der Waals surface area contributed by atoms with Crippen molar-refractivity contribution in [1.29, 1.82) is 0 Å². The van der Waals surface area contributed by atoms with Crippen LogP contribution in [0.3, 0.4) is 0 Å². The second-order valence-corrected chi connectivity index (χ2v) is 4.48. The number of aliphatic hydroxyl groups is 1. The Balaban J connectivity index is 2.70. The average molecular weight is 278 g/mol. The van der Waals surface area contributed by atoms with Gasteiger partial charge in [-0.1, -0.05) is 18.5 Å². The fourth-order valence-corrected chi connectivity index (χ4v) is 1.53. The Morgan fingerprint density at radius 2 is 2.11 bits per heavy atom. The number of rotatable bonds is 5. The van der Waals surface area contributed by atoms with Crippen molar-refractivity contribution in [2.24, 2.45) is 5.92 Å². The number of amides is 1. The monoisotopic (exact) mass is 277 g/mol. The van der Waals surface area contributed by atoms with Gasteiger partial charge in [0, 0.05) is 13.2 Å². The summed E-state index contributed by atoms with van der Waals surface area (Å²) in [5, 5.41) is 10.8. The van der Waals surface area contributed by atoms with E-state index in [1.807, 2.05) is 6.92 Å². The molecule has 0 aromatic heterocycles. The van der Waals surface area contributed by atoms with Gasteiger partial charge in [-0.25, -0.2) is 8.78 Å². The summed E-state index contributed by atoms with van der Waals surface area (Å²) in [7, 11) is 0. The molecule has 0 radical (unpaired) electrons. The zero-order chi connectivity index (χ0) is 13.7.